The summed E-state index contributed by atoms with van der Waals surface area (Å²) in [6, 6.07) is 4.81. The van der Waals surface area contributed by atoms with Crippen LogP contribution in [0.2, 0.25) is 5.02 Å². The Balaban J connectivity index is 1.66. The fourth-order valence-corrected chi connectivity index (χ4v) is 3.74. The SMILES string of the molecule is Cc1c(Cl)c(C(F)(F)F)nn1CC(C=O)N1CCN(c2cccc(OC(F)(F)F)c2)CC1. The van der Waals surface area contributed by atoms with Gasteiger partial charge in [-0.3, -0.25) is 9.58 Å². The molecule has 0 spiro atoms. The Kier molecular flexibility index (Phi) is 6.94. The zero-order valence-corrected chi connectivity index (χ0v) is 17.5. The van der Waals surface area contributed by atoms with E-state index in [1.807, 2.05) is 4.90 Å². The van der Waals surface area contributed by atoms with E-state index in [0.717, 1.165) is 4.68 Å². The highest BCUT2D eigenvalue weighted by Crippen LogP contribution is 2.35. The van der Waals surface area contributed by atoms with Crippen molar-refractivity contribution in [2.75, 3.05) is 31.1 Å². The number of alkyl halides is 6. The van der Waals surface area contributed by atoms with Gasteiger partial charge in [-0.1, -0.05) is 17.7 Å². The Morgan fingerprint density at radius 1 is 1.16 bits per heavy atom. The van der Waals surface area contributed by atoms with Gasteiger partial charge in [-0.2, -0.15) is 18.3 Å². The number of benzene rings is 1. The minimum absolute atomic E-state index is 0.103. The number of aromatic nitrogens is 2. The van der Waals surface area contributed by atoms with E-state index in [1.54, 1.807) is 11.0 Å². The topological polar surface area (TPSA) is 50.6 Å². The molecular formula is C19H19ClF6N4O2. The summed E-state index contributed by atoms with van der Waals surface area (Å²) < 4.78 is 81.4. The average molecular weight is 485 g/mol. The minimum atomic E-state index is -4.80. The molecule has 1 aromatic carbocycles. The van der Waals surface area contributed by atoms with Gasteiger partial charge in [-0.05, 0) is 19.1 Å². The highest BCUT2D eigenvalue weighted by molar-refractivity contribution is 6.31. The molecule has 0 amide bonds. The Morgan fingerprint density at radius 3 is 2.34 bits per heavy atom. The Bertz CT molecular complexity index is 954. The van der Waals surface area contributed by atoms with Crippen LogP contribution < -0.4 is 9.64 Å². The van der Waals surface area contributed by atoms with Gasteiger partial charge in [-0.25, -0.2) is 0 Å². The lowest BCUT2D eigenvalue weighted by Crippen LogP contribution is -2.52. The molecule has 0 saturated carbocycles. The van der Waals surface area contributed by atoms with Gasteiger partial charge in [0.05, 0.1) is 23.3 Å². The number of anilines is 1. The maximum Gasteiger partial charge on any atom is 0.573 e. The van der Waals surface area contributed by atoms with Crippen LogP contribution in [0.25, 0.3) is 0 Å². The number of halogens is 7. The number of nitrogens with zero attached hydrogens (tertiary/aromatic N) is 4. The van der Waals surface area contributed by atoms with Crippen molar-refractivity contribution in [2.45, 2.75) is 32.0 Å². The van der Waals surface area contributed by atoms with E-state index in [2.05, 4.69) is 9.84 Å². The van der Waals surface area contributed by atoms with Crippen LogP contribution in [0, 0.1) is 6.92 Å². The fraction of sp³-hybridized carbons (Fsp3) is 0.474. The first-order chi connectivity index (χ1) is 14.9. The largest absolute Gasteiger partial charge is 0.573 e. The van der Waals surface area contributed by atoms with Gasteiger partial charge in [0.15, 0.2) is 5.69 Å². The number of rotatable bonds is 6. The normalized spacial score (nSPS) is 16.8. The minimum Gasteiger partial charge on any atom is -0.406 e. The molecule has 0 N–H and O–H groups in total. The van der Waals surface area contributed by atoms with Gasteiger partial charge in [0.2, 0.25) is 0 Å². The summed E-state index contributed by atoms with van der Waals surface area (Å²) in [6.45, 7) is 2.81. The van der Waals surface area contributed by atoms with E-state index in [9.17, 15) is 31.1 Å². The molecule has 1 aliphatic rings. The number of aldehydes is 1. The van der Waals surface area contributed by atoms with E-state index in [0.29, 0.717) is 38.2 Å². The molecule has 1 atom stereocenters. The molecule has 1 aromatic heterocycles. The van der Waals surface area contributed by atoms with E-state index >= 15 is 0 Å². The molecule has 0 aliphatic carbocycles. The van der Waals surface area contributed by atoms with Crippen molar-refractivity contribution in [3.05, 3.63) is 40.7 Å². The average Bonchev–Trinajstić information content (AvgIpc) is 3.00. The summed E-state index contributed by atoms with van der Waals surface area (Å²) in [6.07, 6.45) is -8.87. The Hall–Kier alpha value is -2.47. The lowest BCUT2D eigenvalue weighted by molar-refractivity contribution is -0.274. The first-order valence-electron chi connectivity index (χ1n) is 9.49. The fourth-order valence-electron chi connectivity index (χ4n) is 3.49. The molecule has 1 unspecified atom stereocenters. The Morgan fingerprint density at radius 2 is 1.81 bits per heavy atom. The summed E-state index contributed by atoms with van der Waals surface area (Å²) in [4.78, 5) is 15.3. The molecule has 1 aliphatic heterocycles. The molecule has 0 bridgehead atoms. The quantitative estimate of drug-likeness (QED) is 0.455. The van der Waals surface area contributed by atoms with Crippen molar-refractivity contribution in [3.8, 4) is 5.75 Å². The maximum absolute atomic E-state index is 13.0. The van der Waals surface area contributed by atoms with Crippen molar-refractivity contribution < 1.29 is 35.9 Å². The molecule has 0 radical (unpaired) electrons. The molecule has 32 heavy (non-hydrogen) atoms. The maximum atomic E-state index is 13.0. The van der Waals surface area contributed by atoms with Crippen molar-refractivity contribution in [1.29, 1.82) is 0 Å². The number of hydrogen-bond donors (Lipinski definition) is 0. The van der Waals surface area contributed by atoms with Crippen LogP contribution in [0.1, 0.15) is 11.4 Å². The molecule has 3 rings (SSSR count). The van der Waals surface area contributed by atoms with E-state index in [4.69, 9.17) is 11.6 Å². The van der Waals surface area contributed by atoms with Gasteiger partial charge in [0.1, 0.15) is 12.0 Å². The molecular weight excluding hydrogens is 466 g/mol. The summed E-state index contributed by atoms with van der Waals surface area (Å²) in [5.74, 6) is -0.338. The standard InChI is InChI=1S/C19H19ClF6N4O2/c1-12-16(20)17(18(21,22)23)27-30(12)10-14(11-31)29-7-5-28(6-8-29)13-3-2-4-15(9-13)32-19(24,25)26/h2-4,9,11,14H,5-8,10H2,1H3. The van der Waals surface area contributed by atoms with Gasteiger partial charge in [-0.15, -0.1) is 13.2 Å². The second kappa shape index (κ2) is 9.18. The lowest BCUT2D eigenvalue weighted by atomic mass is 10.2. The monoisotopic (exact) mass is 484 g/mol. The van der Waals surface area contributed by atoms with Crippen molar-refractivity contribution in [1.82, 2.24) is 14.7 Å². The highest BCUT2D eigenvalue weighted by Gasteiger charge is 2.38. The molecule has 1 saturated heterocycles. The van der Waals surface area contributed by atoms with Crippen LogP contribution >= 0.6 is 11.6 Å². The first-order valence-corrected chi connectivity index (χ1v) is 9.87. The second-order valence-electron chi connectivity index (χ2n) is 7.20. The van der Waals surface area contributed by atoms with Crippen LogP contribution in [-0.4, -0.2) is 59.5 Å². The molecule has 13 heteroatoms. The van der Waals surface area contributed by atoms with Gasteiger partial charge in [0, 0.05) is 37.9 Å². The van der Waals surface area contributed by atoms with Gasteiger partial charge in [0.25, 0.3) is 0 Å². The zero-order chi connectivity index (χ0) is 23.7. The molecule has 176 valence electrons. The van der Waals surface area contributed by atoms with Crippen LogP contribution in [0.5, 0.6) is 5.75 Å². The molecule has 1 fully saturated rings. The first kappa shape index (κ1) is 24.2. The number of ether oxygens (including phenoxy) is 1. The van der Waals surface area contributed by atoms with Crippen molar-refractivity contribution in [2.24, 2.45) is 0 Å². The van der Waals surface area contributed by atoms with E-state index < -0.39 is 29.3 Å². The summed E-state index contributed by atoms with van der Waals surface area (Å²) >= 11 is 5.76. The highest BCUT2D eigenvalue weighted by atomic mass is 35.5. The predicted molar refractivity (Wildman–Crippen MR) is 104 cm³/mol. The van der Waals surface area contributed by atoms with Crippen LogP contribution in [0.15, 0.2) is 24.3 Å². The van der Waals surface area contributed by atoms with Crippen molar-refractivity contribution >= 4 is 23.6 Å². The molecule has 2 heterocycles. The smallest absolute Gasteiger partial charge is 0.406 e. The zero-order valence-electron chi connectivity index (χ0n) is 16.8. The van der Waals surface area contributed by atoms with Crippen molar-refractivity contribution in [3.63, 3.8) is 0 Å². The number of piperazine rings is 1. The van der Waals surface area contributed by atoms with Gasteiger partial charge < -0.3 is 14.4 Å². The summed E-state index contributed by atoms with van der Waals surface area (Å²) in [5.41, 5.74) is -0.573. The number of carbonyl (C=O) groups is 1. The van der Waals surface area contributed by atoms with Crippen LogP contribution in [0.3, 0.4) is 0 Å². The number of hydrogen-bond acceptors (Lipinski definition) is 5. The third kappa shape index (κ3) is 5.66. The molecule has 2 aromatic rings. The van der Waals surface area contributed by atoms with E-state index in [-0.39, 0.29) is 18.0 Å². The van der Waals surface area contributed by atoms with Gasteiger partial charge >= 0.3 is 12.5 Å². The third-order valence-electron chi connectivity index (χ3n) is 5.12. The van der Waals surface area contributed by atoms with Crippen LogP contribution in [0.4, 0.5) is 32.0 Å². The second-order valence-corrected chi connectivity index (χ2v) is 7.58. The van der Waals surface area contributed by atoms with Crippen LogP contribution in [-0.2, 0) is 17.5 Å². The third-order valence-corrected chi connectivity index (χ3v) is 5.57. The lowest BCUT2D eigenvalue weighted by Gasteiger charge is -2.38. The van der Waals surface area contributed by atoms with E-state index in [1.165, 1.54) is 25.1 Å². The predicted octanol–water partition coefficient (Wildman–Crippen LogP) is 4.15. The summed E-state index contributed by atoms with van der Waals surface area (Å²) in [7, 11) is 0. The summed E-state index contributed by atoms with van der Waals surface area (Å²) in [5, 5.41) is 3.02. The molecule has 6 nitrogen and oxygen atoms in total. The number of carbonyl (C=O) groups excluding carboxylic acids is 1. The Labute approximate surface area is 184 Å².